The second-order valence-corrected chi connectivity index (χ2v) is 15.5. The van der Waals surface area contributed by atoms with Crippen molar-refractivity contribution in [1.29, 1.82) is 0 Å². The summed E-state index contributed by atoms with van der Waals surface area (Å²) in [4.78, 5) is 14.7. The molecule has 4 nitrogen and oxygen atoms in total. The largest absolute Gasteiger partial charge is 0.444 e. The molecular weight excluding hydrogens is 354 g/mol. The van der Waals surface area contributed by atoms with Crippen LogP contribution in [0.3, 0.4) is 0 Å². The molecule has 3 rings (SSSR count). The van der Waals surface area contributed by atoms with Crippen LogP contribution in [0.15, 0.2) is 24.3 Å². The van der Waals surface area contributed by atoms with Crippen molar-refractivity contribution in [3.05, 3.63) is 29.8 Å². The smallest absolute Gasteiger partial charge is 0.410 e. The number of aliphatic hydroxyl groups is 1. The van der Waals surface area contributed by atoms with Crippen molar-refractivity contribution >= 4 is 19.4 Å². The first kappa shape index (κ1) is 20.4. The molecule has 0 saturated carbocycles. The number of piperidine rings is 2. The Kier molecular flexibility index (Phi) is 5.23. The maximum absolute atomic E-state index is 12.8. The molecule has 5 heteroatoms. The molecule has 2 unspecified atom stereocenters. The third-order valence-electron chi connectivity index (χ3n) is 5.88. The van der Waals surface area contributed by atoms with Gasteiger partial charge < -0.3 is 14.7 Å². The van der Waals surface area contributed by atoms with E-state index in [9.17, 15) is 9.90 Å². The van der Waals surface area contributed by atoms with Crippen LogP contribution in [-0.2, 0) is 10.3 Å². The van der Waals surface area contributed by atoms with E-state index < -0.39 is 19.3 Å². The van der Waals surface area contributed by atoms with E-state index in [0.717, 1.165) is 24.8 Å². The predicted molar refractivity (Wildman–Crippen MR) is 112 cm³/mol. The minimum atomic E-state index is -1.44. The molecule has 2 aliphatic heterocycles. The van der Waals surface area contributed by atoms with Gasteiger partial charge in [0.2, 0.25) is 0 Å². The summed E-state index contributed by atoms with van der Waals surface area (Å²) in [6.45, 7) is 12.7. The minimum absolute atomic E-state index is 0.0490. The fourth-order valence-electron chi connectivity index (χ4n) is 4.55. The summed E-state index contributed by atoms with van der Waals surface area (Å²) in [5.74, 6) is 0. The Labute approximate surface area is 164 Å². The molecule has 1 N–H and O–H groups in total. The van der Waals surface area contributed by atoms with E-state index in [-0.39, 0.29) is 18.2 Å². The highest BCUT2D eigenvalue weighted by Crippen LogP contribution is 2.44. The van der Waals surface area contributed by atoms with Gasteiger partial charge in [0.25, 0.3) is 0 Å². The van der Waals surface area contributed by atoms with Crippen LogP contribution in [0.1, 0.15) is 58.4 Å². The number of ether oxygens (including phenoxy) is 1. The number of carbonyl (C=O) groups is 1. The minimum Gasteiger partial charge on any atom is -0.444 e. The molecule has 0 aliphatic carbocycles. The van der Waals surface area contributed by atoms with Crippen molar-refractivity contribution in [3.63, 3.8) is 0 Å². The maximum Gasteiger partial charge on any atom is 0.410 e. The molecule has 2 heterocycles. The van der Waals surface area contributed by atoms with Crippen molar-refractivity contribution in [2.45, 2.75) is 95.8 Å². The zero-order chi connectivity index (χ0) is 20.0. The van der Waals surface area contributed by atoms with Crippen molar-refractivity contribution in [1.82, 2.24) is 4.90 Å². The molecule has 2 saturated heterocycles. The fraction of sp³-hybridized carbons (Fsp3) is 0.682. The summed E-state index contributed by atoms with van der Waals surface area (Å²) in [5.41, 5.74) is -0.336. The lowest BCUT2D eigenvalue weighted by molar-refractivity contribution is -0.0965. The third-order valence-corrected chi connectivity index (χ3v) is 7.92. The molecule has 1 amide bonds. The van der Waals surface area contributed by atoms with E-state index in [1.807, 2.05) is 25.7 Å². The van der Waals surface area contributed by atoms with Crippen molar-refractivity contribution in [3.8, 4) is 0 Å². The molecule has 2 aliphatic rings. The number of rotatable bonds is 2. The molecule has 0 radical (unpaired) electrons. The highest BCUT2D eigenvalue weighted by atomic mass is 28.3. The number of amides is 1. The van der Waals surface area contributed by atoms with Gasteiger partial charge in [-0.15, -0.1) is 0 Å². The normalized spacial score (nSPS) is 28.8. The lowest BCUT2D eigenvalue weighted by Crippen LogP contribution is -2.59. The van der Waals surface area contributed by atoms with Gasteiger partial charge in [0.1, 0.15) is 5.60 Å². The Bertz CT molecular complexity index is 690. The monoisotopic (exact) mass is 389 g/mol. The number of fused-ring (bicyclic) bond motifs is 2. The van der Waals surface area contributed by atoms with Gasteiger partial charge in [-0.05, 0) is 45.6 Å². The molecule has 2 atom stereocenters. The van der Waals surface area contributed by atoms with Crippen LogP contribution < -0.4 is 5.19 Å². The summed E-state index contributed by atoms with van der Waals surface area (Å²) >= 11 is 0. The zero-order valence-electron chi connectivity index (χ0n) is 17.7. The van der Waals surface area contributed by atoms with Gasteiger partial charge in [-0.25, -0.2) is 4.79 Å². The molecule has 0 aromatic heterocycles. The van der Waals surface area contributed by atoms with Gasteiger partial charge >= 0.3 is 6.09 Å². The van der Waals surface area contributed by atoms with Crippen LogP contribution in [0.25, 0.3) is 0 Å². The summed E-state index contributed by atoms with van der Waals surface area (Å²) in [6.07, 6.45) is 3.95. The molecule has 27 heavy (non-hydrogen) atoms. The van der Waals surface area contributed by atoms with Crippen LogP contribution in [0.5, 0.6) is 0 Å². The van der Waals surface area contributed by atoms with Crippen molar-refractivity contribution < 1.29 is 14.6 Å². The Hall–Kier alpha value is -1.33. The van der Waals surface area contributed by atoms with Gasteiger partial charge in [0.05, 0.1) is 13.7 Å². The molecule has 2 bridgehead atoms. The Morgan fingerprint density at radius 3 is 2.30 bits per heavy atom. The second-order valence-electron chi connectivity index (χ2n) is 10.4. The molecule has 1 aromatic rings. The highest BCUT2D eigenvalue weighted by Gasteiger charge is 2.49. The third kappa shape index (κ3) is 4.40. The Morgan fingerprint density at radius 1 is 1.19 bits per heavy atom. The molecular formula is C22H35NO3Si. The first-order chi connectivity index (χ1) is 12.4. The number of carbonyl (C=O) groups excluding carboxylic acids is 1. The SMILES string of the molecule is CC(C)(C)OC(=O)N1C2CCCC1CC(O)(c1cccc([Si](C)(C)C)c1)C2. The first-order valence-electron chi connectivity index (χ1n) is 10.2. The Balaban J connectivity index is 1.86. The standard InChI is InChI=1S/C22H35NO3Si/c1-21(2,3)26-20(24)23-17-10-8-11-18(23)15-22(25,14-17)16-9-7-12-19(13-16)27(4,5)6/h7,9,12-13,17-18,25H,8,10-11,14-15H2,1-6H3. The molecule has 2 fully saturated rings. The van der Waals surface area contributed by atoms with E-state index in [4.69, 9.17) is 4.74 Å². The van der Waals surface area contributed by atoms with E-state index >= 15 is 0 Å². The fourth-order valence-corrected chi connectivity index (χ4v) is 5.74. The molecule has 0 spiro atoms. The second kappa shape index (κ2) is 6.93. The van der Waals surface area contributed by atoms with Crippen LogP contribution in [0.4, 0.5) is 4.79 Å². The van der Waals surface area contributed by atoms with Crippen molar-refractivity contribution in [2.24, 2.45) is 0 Å². The predicted octanol–water partition coefficient (Wildman–Crippen LogP) is 4.37. The highest BCUT2D eigenvalue weighted by molar-refractivity contribution is 6.88. The van der Waals surface area contributed by atoms with E-state index in [2.05, 4.69) is 43.9 Å². The number of nitrogens with zero attached hydrogens (tertiary/aromatic N) is 1. The zero-order valence-corrected chi connectivity index (χ0v) is 18.7. The summed E-state index contributed by atoms with van der Waals surface area (Å²) in [5, 5.41) is 13.0. The lowest BCUT2D eigenvalue weighted by Gasteiger charge is -2.52. The maximum atomic E-state index is 12.8. The van der Waals surface area contributed by atoms with Gasteiger partial charge in [-0.3, -0.25) is 0 Å². The molecule has 150 valence electrons. The topological polar surface area (TPSA) is 49.8 Å². The number of benzene rings is 1. The molecule has 1 aromatic carbocycles. The van der Waals surface area contributed by atoms with Crippen LogP contribution in [-0.4, -0.2) is 41.9 Å². The average Bonchev–Trinajstić information content (AvgIpc) is 2.51. The number of hydrogen-bond acceptors (Lipinski definition) is 3. The first-order valence-corrected chi connectivity index (χ1v) is 13.7. The van der Waals surface area contributed by atoms with E-state index in [1.165, 1.54) is 5.19 Å². The van der Waals surface area contributed by atoms with Gasteiger partial charge in [-0.1, -0.05) is 49.1 Å². The van der Waals surface area contributed by atoms with Gasteiger partial charge in [0.15, 0.2) is 0 Å². The summed E-state index contributed by atoms with van der Waals surface area (Å²) < 4.78 is 5.66. The number of hydrogen-bond donors (Lipinski definition) is 1. The quantitative estimate of drug-likeness (QED) is 0.764. The van der Waals surface area contributed by atoms with Gasteiger partial charge in [-0.2, -0.15) is 0 Å². The van der Waals surface area contributed by atoms with Crippen LogP contribution in [0.2, 0.25) is 19.6 Å². The van der Waals surface area contributed by atoms with Crippen LogP contribution >= 0.6 is 0 Å². The summed E-state index contributed by atoms with van der Waals surface area (Å²) in [7, 11) is -1.44. The Morgan fingerprint density at radius 2 is 1.78 bits per heavy atom. The summed E-state index contributed by atoms with van der Waals surface area (Å²) in [6, 6.07) is 8.64. The van der Waals surface area contributed by atoms with Crippen LogP contribution in [0, 0.1) is 0 Å². The lowest BCUT2D eigenvalue weighted by atomic mass is 9.72. The van der Waals surface area contributed by atoms with E-state index in [1.54, 1.807) is 0 Å². The van der Waals surface area contributed by atoms with E-state index in [0.29, 0.717) is 12.8 Å². The van der Waals surface area contributed by atoms with Crippen molar-refractivity contribution in [2.75, 3.05) is 0 Å². The average molecular weight is 390 g/mol. The van der Waals surface area contributed by atoms with Gasteiger partial charge in [0, 0.05) is 24.9 Å².